The van der Waals surface area contributed by atoms with Crippen LogP contribution in [-0.4, -0.2) is 65.9 Å². The van der Waals surface area contributed by atoms with Crippen molar-refractivity contribution in [2.75, 3.05) is 26.7 Å². The molecule has 2 atom stereocenters. The minimum atomic E-state index is -1.97. The van der Waals surface area contributed by atoms with E-state index in [0.29, 0.717) is 13.0 Å². The van der Waals surface area contributed by atoms with Crippen molar-refractivity contribution in [2.24, 2.45) is 0 Å². The van der Waals surface area contributed by atoms with Crippen LogP contribution in [0.1, 0.15) is 63.0 Å². The molecule has 202 valence electrons. The van der Waals surface area contributed by atoms with Gasteiger partial charge in [0, 0.05) is 24.8 Å². The molecule has 0 spiro atoms. The Morgan fingerprint density at radius 3 is 2.62 bits per heavy atom. The Balaban J connectivity index is 1.75. The van der Waals surface area contributed by atoms with E-state index >= 15 is 0 Å². The highest BCUT2D eigenvalue weighted by Crippen LogP contribution is 2.38. The number of carboxylic acid groups (broad SMARTS) is 1. The van der Waals surface area contributed by atoms with Crippen molar-refractivity contribution in [3.63, 3.8) is 0 Å². The highest BCUT2D eigenvalue weighted by atomic mass is 28.4. The zero-order valence-electron chi connectivity index (χ0n) is 23.4. The quantitative estimate of drug-likeness (QED) is 0.351. The Hall–Kier alpha value is -2.69. The van der Waals surface area contributed by atoms with Crippen LogP contribution < -0.4 is 5.32 Å². The number of likely N-dealkylation sites (tertiary alicyclic amines) is 1. The molecule has 2 N–H and O–H groups in total. The van der Waals surface area contributed by atoms with E-state index in [1.807, 2.05) is 13.8 Å². The molecule has 0 saturated carbocycles. The predicted molar refractivity (Wildman–Crippen MR) is 148 cm³/mol. The van der Waals surface area contributed by atoms with Crippen LogP contribution in [0.5, 0.6) is 0 Å². The molecule has 1 amide bonds. The summed E-state index contributed by atoms with van der Waals surface area (Å²) >= 11 is 0. The lowest BCUT2D eigenvalue weighted by molar-refractivity contribution is 0.184. The third kappa shape index (κ3) is 5.61. The van der Waals surface area contributed by atoms with Crippen LogP contribution in [0.15, 0.2) is 22.7 Å². The average Bonchev–Trinajstić information content (AvgIpc) is 3.47. The predicted octanol–water partition coefficient (Wildman–Crippen LogP) is 5.91. The van der Waals surface area contributed by atoms with Crippen LogP contribution in [0.4, 0.5) is 4.79 Å². The number of carbonyl (C=O) groups is 1. The third-order valence-electron chi connectivity index (χ3n) is 8.06. The van der Waals surface area contributed by atoms with Gasteiger partial charge in [-0.25, -0.2) is 9.78 Å². The minimum Gasteiger partial charge on any atom is -0.465 e. The molecule has 1 aromatic carbocycles. The first-order valence-corrected chi connectivity index (χ1v) is 16.0. The zero-order valence-corrected chi connectivity index (χ0v) is 24.4. The highest BCUT2D eigenvalue weighted by Gasteiger charge is 2.37. The van der Waals surface area contributed by atoms with Gasteiger partial charge in [0.2, 0.25) is 0 Å². The summed E-state index contributed by atoms with van der Waals surface area (Å²) < 4.78 is 14.1. The van der Waals surface area contributed by atoms with Gasteiger partial charge in [0.05, 0.1) is 22.8 Å². The molecule has 1 aliphatic rings. The van der Waals surface area contributed by atoms with E-state index in [2.05, 4.69) is 79.1 Å². The molecule has 2 aromatic heterocycles. The fourth-order valence-corrected chi connectivity index (χ4v) is 6.04. The maximum Gasteiger partial charge on any atom is 0.405 e. The van der Waals surface area contributed by atoms with Crippen LogP contribution in [0.25, 0.3) is 22.2 Å². The summed E-state index contributed by atoms with van der Waals surface area (Å²) in [5, 5.41) is 16.7. The number of hydrogen-bond donors (Lipinski definition) is 2. The van der Waals surface area contributed by atoms with E-state index in [0.717, 1.165) is 58.9 Å². The molecule has 1 fully saturated rings. The molecule has 4 rings (SSSR count). The summed E-state index contributed by atoms with van der Waals surface area (Å²) in [5.41, 5.74) is 4.65. The summed E-state index contributed by atoms with van der Waals surface area (Å²) in [6.45, 7) is 17.3. The van der Waals surface area contributed by atoms with Gasteiger partial charge >= 0.3 is 6.09 Å². The fourth-order valence-electron chi connectivity index (χ4n) is 4.98. The first kappa shape index (κ1) is 27.3. The normalized spacial score (nSPS) is 18.0. The van der Waals surface area contributed by atoms with Crippen molar-refractivity contribution < 1.29 is 18.9 Å². The van der Waals surface area contributed by atoms with E-state index in [1.165, 1.54) is 0 Å². The maximum absolute atomic E-state index is 11.9. The topological polar surface area (TPSA) is 106 Å². The Kier molecular flexibility index (Phi) is 7.56. The summed E-state index contributed by atoms with van der Waals surface area (Å²) in [7, 11) is 0.154. The maximum atomic E-state index is 11.9. The largest absolute Gasteiger partial charge is 0.465 e. The molecule has 10 heteroatoms. The lowest BCUT2D eigenvalue weighted by Gasteiger charge is -2.36. The molecule has 1 aliphatic heterocycles. The Morgan fingerprint density at radius 1 is 1.32 bits per heavy atom. The van der Waals surface area contributed by atoms with E-state index in [4.69, 9.17) is 13.9 Å². The number of imidazole rings is 1. The third-order valence-corrected chi connectivity index (χ3v) is 12.6. The van der Waals surface area contributed by atoms with Gasteiger partial charge in [0.1, 0.15) is 11.6 Å². The monoisotopic (exact) mass is 527 g/mol. The molecule has 9 nitrogen and oxygen atoms in total. The van der Waals surface area contributed by atoms with Gasteiger partial charge in [0.25, 0.3) is 0 Å². The van der Waals surface area contributed by atoms with Crippen LogP contribution in [-0.2, 0) is 4.43 Å². The summed E-state index contributed by atoms with van der Waals surface area (Å²) in [4.78, 5) is 19.2. The number of amides is 1. The lowest BCUT2D eigenvalue weighted by atomic mass is 10.0. The number of nitrogens with one attached hydrogen (secondary N) is 1. The van der Waals surface area contributed by atoms with Crippen molar-refractivity contribution in [1.29, 1.82) is 0 Å². The summed E-state index contributed by atoms with van der Waals surface area (Å²) in [5.74, 6) is 1.51. The number of rotatable bonds is 8. The van der Waals surface area contributed by atoms with Crippen molar-refractivity contribution >= 4 is 25.4 Å². The number of hydrogen-bond acceptors (Lipinski definition) is 6. The van der Waals surface area contributed by atoms with Crippen molar-refractivity contribution in [3.05, 3.63) is 35.5 Å². The number of aryl methyl sites for hydroxylation is 2. The standard InChI is InChI=1S/C27H41N5O4Si/c1-17-24(18(2)36-30-17)19-9-10-23-22(15-19)28-25(32(23)20-11-13-31(6)16-20)21(29-26(33)34)12-14-35-37(7,8)27(3,4)5/h9-10,15,20-21,29H,11-14,16H2,1-8H3,(H,33,34)/t20-,21+/m1/s1. The van der Waals surface area contributed by atoms with E-state index in [-0.39, 0.29) is 11.1 Å². The Labute approximate surface area is 220 Å². The molecule has 3 aromatic rings. The number of aromatic nitrogens is 3. The average molecular weight is 528 g/mol. The molecular weight excluding hydrogens is 486 g/mol. The van der Waals surface area contributed by atoms with Gasteiger partial charge in [-0.1, -0.05) is 32.0 Å². The Morgan fingerprint density at radius 2 is 2.05 bits per heavy atom. The summed E-state index contributed by atoms with van der Waals surface area (Å²) in [6, 6.07) is 5.97. The first-order chi connectivity index (χ1) is 17.3. The van der Waals surface area contributed by atoms with Crippen molar-refractivity contribution in [1.82, 2.24) is 24.9 Å². The van der Waals surface area contributed by atoms with E-state index in [9.17, 15) is 9.90 Å². The van der Waals surface area contributed by atoms with E-state index in [1.54, 1.807) is 0 Å². The number of benzene rings is 1. The molecule has 0 bridgehead atoms. The van der Waals surface area contributed by atoms with Gasteiger partial charge in [-0.2, -0.15) is 0 Å². The Bertz CT molecular complexity index is 1260. The van der Waals surface area contributed by atoms with Crippen LogP contribution >= 0.6 is 0 Å². The minimum absolute atomic E-state index is 0.0822. The van der Waals surface area contributed by atoms with Crippen molar-refractivity contribution in [2.45, 2.75) is 77.7 Å². The van der Waals surface area contributed by atoms with E-state index < -0.39 is 20.5 Å². The van der Waals surface area contributed by atoms with Gasteiger partial charge in [-0.15, -0.1) is 0 Å². The number of fused-ring (bicyclic) bond motifs is 1. The smallest absolute Gasteiger partial charge is 0.405 e. The molecule has 37 heavy (non-hydrogen) atoms. The molecule has 3 heterocycles. The highest BCUT2D eigenvalue weighted by molar-refractivity contribution is 6.74. The lowest BCUT2D eigenvalue weighted by Crippen LogP contribution is -2.41. The number of likely N-dealkylation sites (N-methyl/N-ethyl adjacent to an activating group) is 1. The molecule has 0 aliphatic carbocycles. The van der Waals surface area contributed by atoms with Crippen LogP contribution in [0.2, 0.25) is 18.1 Å². The molecule has 0 unspecified atom stereocenters. The second kappa shape index (κ2) is 10.2. The zero-order chi connectivity index (χ0) is 27.1. The second-order valence-electron chi connectivity index (χ2n) is 11.8. The molecular formula is C27H41N5O4Si. The fraction of sp³-hybridized carbons (Fsp3) is 0.593. The number of nitrogens with zero attached hydrogens (tertiary/aromatic N) is 4. The summed E-state index contributed by atoms with van der Waals surface area (Å²) in [6.07, 6.45) is 0.443. The first-order valence-electron chi connectivity index (χ1n) is 13.1. The van der Waals surface area contributed by atoms with Gasteiger partial charge < -0.3 is 28.8 Å². The van der Waals surface area contributed by atoms with Crippen LogP contribution in [0, 0.1) is 13.8 Å². The van der Waals surface area contributed by atoms with Gasteiger partial charge in [0.15, 0.2) is 8.32 Å². The van der Waals surface area contributed by atoms with Crippen LogP contribution in [0.3, 0.4) is 0 Å². The molecule has 1 saturated heterocycles. The van der Waals surface area contributed by atoms with Gasteiger partial charge in [-0.3, -0.25) is 0 Å². The second-order valence-corrected chi connectivity index (χ2v) is 16.7. The SMILES string of the molecule is Cc1noc(C)c1-c1ccc2c(c1)nc([C@H](CCO[Si](C)(C)C(C)(C)C)NC(=O)O)n2[C@@H]1CCN(C)C1. The molecule has 0 radical (unpaired) electrons. The van der Waals surface area contributed by atoms with Gasteiger partial charge in [-0.05, 0) is 76.1 Å². The van der Waals surface area contributed by atoms with Crippen molar-refractivity contribution in [3.8, 4) is 11.1 Å².